The van der Waals surface area contributed by atoms with Crippen LogP contribution in [-0.4, -0.2) is 25.1 Å². The number of anilines is 1. The van der Waals surface area contributed by atoms with Crippen molar-refractivity contribution in [2.24, 2.45) is 0 Å². The van der Waals surface area contributed by atoms with Gasteiger partial charge in [0, 0.05) is 18.4 Å². The molecule has 0 aromatic carbocycles. The van der Waals surface area contributed by atoms with E-state index in [9.17, 15) is 13.2 Å². The van der Waals surface area contributed by atoms with Crippen molar-refractivity contribution in [3.8, 4) is 0 Å². The summed E-state index contributed by atoms with van der Waals surface area (Å²) >= 11 is 0. The number of hydrogen-bond donors (Lipinski definition) is 2. The third kappa shape index (κ3) is 6.01. The van der Waals surface area contributed by atoms with E-state index in [1.165, 1.54) is 0 Å². The van der Waals surface area contributed by atoms with Gasteiger partial charge in [-0.1, -0.05) is 6.07 Å². The summed E-state index contributed by atoms with van der Waals surface area (Å²) in [6, 6.07) is 3.60. The van der Waals surface area contributed by atoms with Gasteiger partial charge in [0.05, 0.1) is 0 Å². The summed E-state index contributed by atoms with van der Waals surface area (Å²) in [6.07, 6.45) is 3.09. The van der Waals surface area contributed by atoms with E-state index in [0.717, 1.165) is 5.56 Å². The van der Waals surface area contributed by atoms with Crippen molar-refractivity contribution in [3.63, 3.8) is 0 Å². The highest BCUT2D eigenvalue weighted by molar-refractivity contribution is 7.72. The molecular weight excluding hydrogens is 240 g/mol. The molecule has 0 radical (unpaired) electrons. The van der Waals surface area contributed by atoms with E-state index in [1.54, 1.807) is 12.3 Å². The molecule has 0 fully saturated rings. The first-order valence-corrected chi connectivity index (χ1v) is 6.78. The van der Waals surface area contributed by atoms with Crippen LogP contribution >= 0.6 is 0 Å². The molecule has 1 heterocycles. The lowest BCUT2D eigenvalue weighted by Crippen LogP contribution is -2.12. The zero-order valence-corrected chi connectivity index (χ0v) is 10.6. The van der Waals surface area contributed by atoms with Crippen LogP contribution in [0.1, 0.15) is 24.8 Å². The van der Waals surface area contributed by atoms with E-state index in [1.807, 2.05) is 13.0 Å². The van der Waals surface area contributed by atoms with Crippen LogP contribution < -0.4 is 5.32 Å². The Morgan fingerprint density at radius 3 is 2.71 bits per heavy atom. The molecule has 94 valence electrons. The van der Waals surface area contributed by atoms with Crippen molar-refractivity contribution in [3.05, 3.63) is 23.9 Å². The van der Waals surface area contributed by atoms with Crippen LogP contribution in [0.5, 0.6) is 0 Å². The molecule has 6 heteroatoms. The molecule has 0 bridgehead atoms. The molecular formula is C11H16N2O3S. The Morgan fingerprint density at radius 1 is 1.35 bits per heavy atom. The molecule has 0 saturated carbocycles. The summed E-state index contributed by atoms with van der Waals surface area (Å²) in [4.78, 5) is 15.5. The third-order valence-corrected chi connectivity index (χ3v) is 2.85. The smallest absolute Gasteiger partial charge is 0.225 e. The number of nitrogens with zero attached hydrogens (tertiary/aromatic N) is 1. The molecule has 1 amide bonds. The van der Waals surface area contributed by atoms with E-state index in [-0.39, 0.29) is 11.7 Å². The fourth-order valence-corrected chi connectivity index (χ4v) is 1.76. The minimum Gasteiger partial charge on any atom is -0.311 e. The maximum atomic E-state index is 11.4. The zero-order chi connectivity index (χ0) is 12.7. The predicted octanol–water partition coefficient (Wildman–Crippen LogP) is 1.11. The Kier molecular flexibility index (Phi) is 5.62. The Hall–Kier alpha value is -1.43. The van der Waals surface area contributed by atoms with Gasteiger partial charge in [-0.3, -0.25) is 4.79 Å². The monoisotopic (exact) mass is 256 g/mol. The number of aryl methyl sites for hydroxylation is 1. The maximum absolute atomic E-state index is 11.4. The van der Waals surface area contributed by atoms with Crippen molar-refractivity contribution >= 4 is 22.4 Å². The summed E-state index contributed by atoms with van der Waals surface area (Å²) in [7, 11) is -2.33. The molecule has 1 N–H and O–H groups in total. The molecule has 0 aliphatic rings. The predicted molar refractivity (Wildman–Crippen MR) is 66.6 cm³/mol. The highest BCUT2D eigenvalue weighted by Gasteiger charge is 2.02. The van der Waals surface area contributed by atoms with Crippen molar-refractivity contribution in [1.82, 2.24) is 4.98 Å². The molecule has 17 heavy (non-hydrogen) atoms. The van der Waals surface area contributed by atoms with Gasteiger partial charge in [-0.25, -0.2) is 13.4 Å². The summed E-state index contributed by atoms with van der Waals surface area (Å²) < 4.78 is 20.6. The number of hydrogen-bond acceptors (Lipinski definition) is 4. The van der Waals surface area contributed by atoms with Crippen LogP contribution in [0.25, 0.3) is 0 Å². The average Bonchev–Trinajstić information content (AvgIpc) is 2.27. The molecule has 5 nitrogen and oxygen atoms in total. The molecule has 0 aliphatic heterocycles. The number of thiol groups is 1. The van der Waals surface area contributed by atoms with Crippen LogP contribution in [0.2, 0.25) is 0 Å². The zero-order valence-electron chi connectivity index (χ0n) is 9.68. The van der Waals surface area contributed by atoms with Gasteiger partial charge in [-0.05, 0) is 31.4 Å². The highest BCUT2D eigenvalue weighted by Crippen LogP contribution is 2.05. The second kappa shape index (κ2) is 7.01. The summed E-state index contributed by atoms with van der Waals surface area (Å²) in [5.74, 6) is 0.531. The van der Waals surface area contributed by atoms with Gasteiger partial charge in [-0.15, -0.1) is 0 Å². The molecule has 1 aromatic heterocycles. The lowest BCUT2D eigenvalue weighted by atomic mass is 10.2. The summed E-state index contributed by atoms with van der Waals surface area (Å²) in [6.45, 7) is 1.92. The van der Waals surface area contributed by atoms with E-state index in [4.69, 9.17) is 0 Å². The standard InChI is InChI=1S/C11H16N2O3S/c1-9-5-6-10(12-8-9)13-11(14)4-2-3-7-17(15)16/h5-6,8,17H,2-4,7H2,1H3,(H,12,13,14). The molecule has 0 unspecified atom stereocenters. The number of pyridine rings is 1. The van der Waals surface area contributed by atoms with Gasteiger partial charge in [0.2, 0.25) is 5.91 Å². The Bertz CT molecular complexity index is 433. The van der Waals surface area contributed by atoms with Crippen LogP contribution in [0, 0.1) is 6.92 Å². The second-order valence-electron chi connectivity index (χ2n) is 3.78. The molecule has 0 aliphatic carbocycles. The number of carbonyl (C=O) groups is 1. The van der Waals surface area contributed by atoms with E-state index >= 15 is 0 Å². The number of unbranched alkanes of at least 4 members (excludes halogenated alkanes) is 1. The van der Waals surface area contributed by atoms with Gasteiger partial charge in [-0.2, -0.15) is 0 Å². The Morgan fingerprint density at radius 2 is 2.12 bits per heavy atom. The number of rotatable bonds is 6. The average molecular weight is 256 g/mol. The Labute approximate surface area is 102 Å². The van der Waals surface area contributed by atoms with Crippen LogP contribution in [0.4, 0.5) is 5.82 Å². The maximum Gasteiger partial charge on any atom is 0.225 e. The lowest BCUT2D eigenvalue weighted by molar-refractivity contribution is -0.116. The number of carbonyl (C=O) groups excluding carboxylic acids is 1. The molecule has 0 saturated heterocycles. The molecule has 0 atom stereocenters. The van der Waals surface area contributed by atoms with Crippen molar-refractivity contribution < 1.29 is 13.2 Å². The quantitative estimate of drug-likeness (QED) is 0.590. The van der Waals surface area contributed by atoms with Gasteiger partial charge >= 0.3 is 0 Å². The first-order chi connectivity index (χ1) is 8.08. The number of nitrogens with one attached hydrogen (secondary N) is 1. The fraction of sp³-hybridized carbons (Fsp3) is 0.455. The van der Waals surface area contributed by atoms with E-state index < -0.39 is 10.7 Å². The summed E-state index contributed by atoms with van der Waals surface area (Å²) in [5, 5.41) is 2.66. The summed E-state index contributed by atoms with van der Waals surface area (Å²) in [5.41, 5.74) is 1.03. The van der Waals surface area contributed by atoms with Crippen molar-refractivity contribution in [1.29, 1.82) is 0 Å². The molecule has 1 rings (SSSR count). The molecule has 0 spiro atoms. The SMILES string of the molecule is Cc1ccc(NC(=O)CCCC[SH](=O)=O)nc1. The van der Waals surface area contributed by atoms with Gasteiger partial charge in [0.25, 0.3) is 0 Å². The third-order valence-electron chi connectivity index (χ3n) is 2.17. The second-order valence-corrected chi connectivity index (χ2v) is 4.90. The minimum atomic E-state index is -2.33. The Balaban J connectivity index is 2.27. The minimum absolute atomic E-state index is 0.137. The lowest BCUT2D eigenvalue weighted by Gasteiger charge is -2.03. The number of amides is 1. The van der Waals surface area contributed by atoms with E-state index in [2.05, 4.69) is 10.3 Å². The van der Waals surface area contributed by atoms with Gasteiger partial charge < -0.3 is 5.32 Å². The van der Waals surface area contributed by atoms with Gasteiger partial charge in [0.15, 0.2) is 0 Å². The van der Waals surface area contributed by atoms with Crippen molar-refractivity contribution in [2.45, 2.75) is 26.2 Å². The normalized spacial score (nSPS) is 10.5. The van der Waals surface area contributed by atoms with Gasteiger partial charge in [0.1, 0.15) is 16.5 Å². The number of aromatic nitrogens is 1. The highest BCUT2D eigenvalue weighted by atomic mass is 32.2. The fourth-order valence-electron chi connectivity index (χ4n) is 1.27. The van der Waals surface area contributed by atoms with E-state index in [0.29, 0.717) is 25.1 Å². The topological polar surface area (TPSA) is 76.1 Å². The van der Waals surface area contributed by atoms with Crippen molar-refractivity contribution in [2.75, 3.05) is 11.1 Å². The largest absolute Gasteiger partial charge is 0.311 e. The first-order valence-electron chi connectivity index (χ1n) is 5.42. The van der Waals surface area contributed by atoms with Crippen LogP contribution in [0.15, 0.2) is 18.3 Å². The van der Waals surface area contributed by atoms with Crippen LogP contribution in [-0.2, 0) is 15.5 Å². The van der Waals surface area contributed by atoms with Crippen LogP contribution in [0.3, 0.4) is 0 Å². The molecule has 1 aromatic rings. The first kappa shape index (κ1) is 13.6.